The quantitative estimate of drug-likeness (QED) is 0.655. The summed E-state index contributed by atoms with van der Waals surface area (Å²) >= 11 is 0. The number of rotatable bonds is 4. The Kier molecular flexibility index (Phi) is 4.11. The molecule has 0 aromatic carbocycles. The first-order valence-electron chi connectivity index (χ1n) is 6.95. The number of anilines is 1. The highest BCUT2D eigenvalue weighted by Gasteiger charge is 2.32. The maximum absolute atomic E-state index is 12.4. The summed E-state index contributed by atoms with van der Waals surface area (Å²) in [4.78, 5) is 26.5. The third kappa shape index (κ3) is 3.48. The number of carbonyl (C=O) groups excluding carboxylic acids is 1. The van der Waals surface area contributed by atoms with Crippen molar-refractivity contribution in [1.82, 2.24) is 10.3 Å². The van der Waals surface area contributed by atoms with E-state index < -0.39 is 4.92 Å². The van der Waals surface area contributed by atoms with Crippen LogP contribution in [0.15, 0.2) is 12.3 Å². The minimum Gasteiger partial charge on any atom is -0.372 e. The van der Waals surface area contributed by atoms with Gasteiger partial charge in [0, 0.05) is 19.2 Å². The summed E-state index contributed by atoms with van der Waals surface area (Å²) < 4.78 is 0. The van der Waals surface area contributed by atoms with Crippen LogP contribution in [0.2, 0.25) is 0 Å². The van der Waals surface area contributed by atoms with E-state index in [-0.39, 0.29) is 28.6 Å². The molecule has 1 amide bonds. The van der Waals surface area contributed by atoms with E-state index in [9.17, 15) is 14.9 Å². The Morgan fingerprint density at radius 1 is 1.52 bits per heavy atom. The number of amides is 1. The standard InChI is InChI=1S/C14H20N4O3/c1-14(2)5-4-9(7-14)17-13(19)11-6-10(18(20)21)8-16-12(11)15-3/h6,8-9H,4-5,7H2,1-3H3,(H,15,16)(H,17,19). The van der Waals surface area contributed by atoms with Crippen LogP contribution in [0.3, 0.4) is 0 Å². The smallest absolute Gasteiger partial charge is 0.288 e. The van der Waals surface area contributed by atoms with Crippen molar-refractivity contribution in [3.05, 3.63) is 27.9 Å². The van der Waals surface area contributed by atoms with Gasteiger partial charge >= 0.3 is 0 Å². The molecule has 1 unspecified atom stereocenters. The lowest BCUT2D eigenvalue weighted by Crippen LogP contribution is -2.34. The van der Waals surface area contributed by atoms with Crippen molar-refractivity contribution in [3.63, 3.8) is 0 Å². The molecule has 1 fully saturated rings. The molecule has 21 heavy (non-hydrogen) atoms. The van der Waals surface area contributed by atoms with Crippen molar-refractivity contribution in [3.8, 4) is 0 Å². The van der Waals surface area contributed by atoms with E-state index in [0.717, 1.165) is 25.5 Å². The highest BCUT2D eigenvalue weighted by Crippen LogP contribution is 2.37. The van der Waals surface area contributed by atoms with E-state index in [1.807, 2.05) is 0 Å². The molecular formula is C14H20N4O3. The van der Waals surface area contributed by atoms with Crippen LogP contribution in [0.1, 0.15) is 43.5 Å². The molecule has 2 rings (SSSR count). The van der Waals surface area contributed by atoms with Crippen LogP contribution < -0.4 is 10.6 Å². The summed E-state index contributed by atoms with van der Waals surface area (Å²) in [5.41, 5.74) is 0.243. The van der Waals surface area contributed by atoms with E-state index in [2.05, 4.69) is 29.5 Å². The lowest BCUT2D eigenvalue weighted by Gasteiger charge is -2.18. The van der Waals surface area contributed by atoms with E-state index in [1.54, 1.807) is 7.05 Å². The van der Waals surface area contributed by atoms with Crippen molar-refractivity contribution in [2.24, 2.45) is 5.41 Å². The highest BCUT2D eigenvalue weighted by atomic mass is 16.6. The molecule has 0 bridgehead atoms. The number of pyridine rings is 1. The number of nitrogens with zero attached hydrogens (tertiary/aromatic N) is 2. The molecule has 0 saturated heterocycles. The fourth-order valence-corrected chi connectivity index (χ4v) is 2.75. The Balaban J connectivity index is 2.18. The average Bonchev–Trinajstić information content (AvgIpc) is 2.76. The van der Waals surface area contributed by atoms with Gasteiger partial charge in [-0.1, -0.05) is 13.8 Å². The van der Waals surface area contributed by atoms with Crippen LogP contribution in [0.25, 0.3) is 0 Å². The second-order valence-electron chi connectivity index (χ2n) is 6.17. The molecule has 1 aromatic heterocycles. The zero-order chi connectivity index (χ0) is 15.6. The van der Waals surface area contributed by atoms with Crippen molar-refractivity contribution in [1.29, 1.82) is 0 Å². The molecule has 1 aliphatic carbocycles. The van der Waals surface area contributed by atoms with Crippen LogP contribution in [-0.2, 0) is 0 Å². The van der Waals surface area contributed by atoms with Crippen LogP contribution in [0.5, 0.6) is 0 Å². The van der Waals surface area contributed by atoms with E-state index in [4.69, 9.17) is 0 Å². The van der Waals surface area contributed by atoms with Crippen molar-refractivity contribution in [2.75, 3.05) is 12.4 Å². The summed E-state index contributed by atoms with van der Waals surface area (Å²) in [6.07, 6.45) is 4.04. The van der Waals surface area contributed by atoms with Gasteiger partial charge in [0.1, 0.15) is 12.0 Å². The second-order valence-corrected chi connectivity index (χ2v) is 6.17. The lowest BCUT2D eigenvalue weighted by molar-refractivity contribution is -0.385. The third-order valence-electron chi connectivity index (χ3n) is 3.87. The highest BCUT2D eigenvalue weighted by molar-refractivity contribution is 5.99. The van der Waals surface area contributed by atoms with E-state index in [1.165, 1.54) is 6.07 Å². The predicted molar refractivity (Wildman–Crippen MR) is 79.3 cm³/mol. The first kappa shape index (κ1) is 15.2. The minimum absolute atomic E-state index is 0.108. The van der Waals surface area contributed by atoms with Crippen LogP contribution in [0.4, 0.5) is 11.5 Å². The largest absolute Gasteiger partial charge is 0.372 e. The Morgan fingerprint density at radius 2 is 2.24 bits per heavy atom. The van der Waals surface area contributed by atoms with Crippen molar-refractivity contribution < 1.29 is 9.72 Å². The average molecular weight is 292 g/mol. The molecule has 1 heterocycles. The Morgan fingerprint density at radius 3 is 2.76 bits per heavy atom. The van der Waals surface area contributed by atoms with Gasteiger partial charge in [-0.05, 0) is 24.7 Å². The molecule has 0 radical (unpaired) electrons. The topological polar surface area (TPSA) is 97.2 Å². The van der Waals surface area contributed by atoms with E-state index in [0.29, 0.717) is 5.82 Å². The normalized spacial score (nSPS) is 20.0. The molecule has 1 atom stereocenters. The lowest BCUT2D eigenvalue weighted by atomic mass is 9.92. The Hall–Kier alpha value is -2.18. The summed E-state index contributed by atoms with van der Waals surface area (Å²) in [6, 6.07) is 1.37. The third-order valence-corrected chi connectivity index (χ3v) is 3.87. The number of hydrogen-bond acceptors (Lipinski definition) is 5. The summed E-state index contributed by atoms with van der Waals surface area (Å²) in [5.74, 6) is 0.0219. The maximum Gasteiger partial charge on any atom is 0.288 e. The van der Waals surface area contributed by atoms with Gasteiger partial charge in [0.25, 0.3) is 11.6 Å². The van der Waals surface area contributed by atoms with Gasteiger partial charge in [-0.15, -0.1) is 0 Å². The van der Waals surface area contributed by atoms with Crippen LogP contribution in [0, 0.1) is 15.5 Å². The van der Waals surface area contributed by atoms with Crippen molar-refractivity contribution >= 4 is 17.4 Å². The van der Waals surface area contributed by atoms with Crippen LogP contribution in [-0.4, -0.2) is 28.9 Å². The minimum atomic E-state index is -0.554. The number of carbonyl (C=O) groups is 1. The second kappa shape index (κ2) is 5.67. The van der Waals surface area contributed by atoms with Gasteiger partial charge in [-0.25, -0.2) is 4.98 Å². The first-order valence-corrected chi connectivity index (χ1v) is 6.95. The molecule has 7 nitrogen and oxygen atoms in total. The number of aromatic nitrogens is 1. The molecule has 114 valence electrons. The summed E-state index contributed by atoms with van der Waals surface area (Å²) in [7, 11) is 1.63. The number of nitro groups is 1. The predicted octanol–water partition coefficient (Wildman–Crippen LogP) is 2.34. The molecule has 1 aromatic rings. The van der Waals surface area contributed by atoms with Gasteiger partial charge in [0.05, 0.1) is 10.5 Å². The van der Waals surface area contributed by atoms with Crippen molar-refractivity contribution in [2.45, 2.75) is 39.2 Å². The van der Waals surface area contributed by atoms with E-state index >= 15 is 0 Å². The Labute approximate surface area is 123 Å². The SMILES string of the molecule is CNc1ncc([N+](=O)[O-])cc1C(=O)NC1CCC(C)(C)C1. The van der Waals surface area contributed by atoms with Crippen LogP contribution >= 0.6 is 0 Å². The fraction of sp³-hybridized carbons (Fsp3) is 0.571. The molecule has 0 aliphatic heterocycles. The van der Waals surface area contributed by atoms with Gasteiger partial charge < -0.3 is 10.6 Å². The molecule has 0 spiro atoms. The summed E-state index contributed by atoms with van der Waals surface area (Å²) in [6.45, 7) is 4.35. The fourth-order valence-electron chi connectivity index (χ4n) is 2.75. The Bertz CT molecular complexity index is 571. The first-order chi connectivity index (χ1) is 9.82. The maximum atomic E-state index is 12.4. The van der Waals surface area contributed by atoms with Gasteiger partial charge in [0.2, 0.25) is 0 Å². The van der Waals surface area contributed by atoms with Gasteiger partial charge in [0.15, 0.2) is 0 Å². The zero-order valence-corrected chi connectivity index (χ0v) is 12.5. The molecule has 1 aliphatic rings. The zero-order valence-electron chi connectivity index (χ0n) is 12.5. The number of hydrogen-bond donors (Lipinski definition) is 2. The molecule has 1 saturated carbocycles. The number of nitrogens with one attached hydrogen (secondary N) is 2. The molecule has 2 N–H and O–H groups in total. The molecule has 7 heteroatoms. The van der Waals surface area contributed by atoms with Gasteiger partial charge in [-0.2, -0.15) is 0 Å². The van der Waals surface area contributed by atoms with Gasteiger partial charge in [-0.3, -0.25) is 14.9 Å². The molecular weight excluding hydrogens is 272 g/mol. The monoisotopic (exact) mass is 292 g/mol. The summed E-state index contributed by atoms with van der Waals surface area (Å²) in [5, 5.41) is 16.6.